The van der Waals surface area contributed by atoms with E-state index in [1.807, 2.05) is 60.7 Å². The van der Waals surface area contributed by atoms with Crippen LogP contribution in [0, 0.1) is 0 Å². The Morgan fingerprint density at radius 2 is 1.61 bits per heavy atom. The minimum absolute atomic E-state index is 0.176. The predicted molar refractivity (Wildman–Crippen MR) is 123 cm³/mol. The lowest BCUT2D eigenvalue weighted by Gasteiger charge is -2.03. The average Bonchev–Trinajstić information content (AvgIpc) is 3.24. The number of nitrogens with zero attached hydrogens (tertiary/aromatic N) is 3. The van der Waals surface area contributed by atoms with E-state index in [2.05, 4.69) is 4.98 Å². The van der Waals surface area contributed by atoms with Crippen LogP contribution >= 0.6 is 23.4 Å². The normalized spacial score (nSPS) is 11.1. The molecule has 5 aromatic rings. The van der Waals surface area contributed by atoms with Crippen LogP contribution in [0.3, 0.4) is 0 Å². The molecule has 152 valence electrons. The highest BCUT2D eigenvalue weighted by molar-refractivity contribution is 7.98. The maximum atomic E-state index is 12.4. The van der Waals surface area contributed by atoms with E-state index >= 15 is 0 Å². The fourth-order valence-electron chi connectivity index (χ4n) is 3.27. The number of rotatable bonds is 5. The van der Waals surface area contributed by atoms with E-state index in [0.29, 0.717) is 27.3 Å². The van der Waals surface area contributed by atoms with Crippen LogP contribution in [0.5, 0.6) is 0 Å². The van der Waals surface area contributed by atoms with E-state index < -0.39 is 0 Å². The molecular weight excluding hydrogens is 430 g/mol. The number of aromatic nitrogens is 3. The Hall–Kier alpha value is -3.35. The fraction of sp³-hybridized carbons (Fsp3) is 0.0417. The molecular formula is C24H16ClN3O2S. The van der Waals surface area contributed by atoms with Crippen molar-refractivity contribution in [3.8, 4) is 22.6 Å². The van der Waals surface area contributed by atoms with Gasteiger partial charge >= 0.3 is 0 Å². The Bertz CT molecular complexity index is 1360. The maximum absolute atomic E-state index is 12.4. The molecule has 0 radical (unpaired) electrons. The van der Waals surface area contributed by atoms with Crippen LogP contribution < -0.4 is 5.56 Å². The number of fused-ring (bicyclic) bond motifs is 1. The first-order valence-corrected chi connectivity index (χ1v) is 11.0. The van der Waals surface area contributed by atoms with Gasteiger partial charge in [-0.3, -0.25) is 9.20 Å². The van der Waals surface area contributed by atoms with Gasteiger partial charge in [0.15, 0.2) is 5.76 Å². The van der Waals surface area contributed by atoms with Gasteiger partial charge in [0.05, 0.1) is 10.7 Å². The predicted octanol–water partition coefficient (Wildman–Crippen LogP) is 5.96. The van der Waals surface area contributed by atoms with Gasteiger partial charge in [-0.05, 0) is 12.1 Å². The SMILES string of the molecule is O=c1cc(CSc2nc(-c3ccccc3)c(-c3ccccc3)o2)nc2ccc(Cl)cn12. The maximum Gasteiger partial charge on any atom is 0.258 e. The molecule has 0 aliphatic carbocycles. The molecule has 0 N–H and O–H groups in total. The molecule has 3 aromatic heterocycles. The second-order valence-electron chi connectivity index (χ2n) is 6.84. The number of halogens is 1. The molecule has 0 fully saturated rings. The van der Waals surface area contributed by atoms with Gasteiger partial charge in [-0.1, -0.05) is 84.0 Å². The fourth-order valence-corrected chi connectivity index (χ4v) is 4.15. The van der Waals surface area contributed by atoms with E-state index in [4.69, 9.17) is 21.0 Å². The lowest BCUT2D eigenvalue weighted by atomic mass is 10.1. The Labute approximate surface area is 187 Å². The molecule has 2 aromatic carbocycles. The van der Waals surface area contributed by atoms with Gasteiger partial charge in [0.1, 0.15) is 11.3 Å². The van der Waals surface area contributed by atoms with Crippen molar-refractivity contribution in [2.75, 3.05) is 0 Å². The second kappa shape index (κ2) is 8.41. The highest BCUT2D eigenvalue weighted by atomic mass is 35.5. The molecule has 31 heavy (non-hydrogen) atoms. The van der Waals surface area contributed by atoms with E-state index in [-0.39, 0.29) is 5.56 Å². The minimum Gasteiger partial charge on any atom is -0.431 e. The van der Waals surface area contributed by atoms with Crippen LogP contribution in [0.4, 0.5) is 0 Å². The molecule has 3 heterocycles. The van der Waals surface area contributed by atoms with Crippen LogP contribution in [-0.2, 0) is 5.75 Å². The molecule has 0 bridgehead atoms. The number of hydrogen-bond acceptors (Lipinski definition) is 5. The molecule has 5 nitrogen and oxygen atoms in total. The topological polar surface area (TPSA) is 60.4 Å². The van der Waals surface area contributed by atoms with Crippen molar-refractivity contribution >= 4 is 29.0 Å². The van der Waals surface area contributed by atoms with E-state index in [9.17, 15) is 4.79 Å². The second-order valence-corrected chi connectivity index (χ2v) is 8.20. The van der Waals surface area contributed by atoms with E-state index in [1.54, 1.807) is 18.3 Å². The van der Waals surface area contributed by atoms with Crippen LogP contribution in [0.15, 0.2) is 99.5 Å². The molecule has 0 amide bonds. The Balaban J connectivity index is 1.47. The van der Waals surface area contributed by atoms with Gasteiger partial charge in [0.25, 0.3) is 10.8 Å². The highest BCUT2D eigenvalue weighted by Crippen LogP contribution is 2.36. The van der Waals surface area contributed by atoms with Crippen molar-refractivity contribution in [2.24, 2.45) is 0 Å². The Morgan fingerprint density at radius 3 is 2.35 bits per heavy atom. The Kier molecular flexibility index (Phi) is 5.32. The van der Waals surface area contributed by atoms with Crippen LogP contribution in [0.2, 0.25) is 5.02 Å². The van der Waals surface area contributed by atoms with Gasteiger partial charge in [0.2, 0.25) is 0 Å². The largest absolute Gasteiger partial charge is 0.431 e. The minimum atomic E-state index is -0.176. The summed E-state index contributed by atoms with van der Waals surface area (Å²) < 4.78 is 7.57. The van der Waals surface area contributed by atoms with Gasteiger partial charge in [-0.15, -0.1) is 0 Å². The smallest absolute Gasteiger partial charge is 0.258 e. The first kappa shape index (κ1) is 19.6. The zero-order valence-electron chi connectivity index (χ0n) is 16.2. The van der Waals surface area contributed by atoms with Crippen LogP contribution in [0.1, 0.15) is 5.69 Å². The molecule has 0 spiro atoms. The standard InChI is InChI=1S/C24H16ClN3O2S/c25-18-11-12-20-26-19(13-21(29)28(20)14-18)15-31-24-27-22(16-7-3-1-4-8-16)23(30-24)17-9-5-2-6-10-17/h1-14H,15H2. The van der Waals surface area contributed by atoms with Crippen molar-refractivity contribution in [1.82, 2.24) is 14.4 Å². The summed E-state index contributed by atoms with van der Waals surface area (Å²) in [5, 5.41) is 1.01. The summed E-state index contributed by atoms with van der Waals surface area (Å²) >= 11 is 7.38. The molecule has 5 rings (SSSR count). The number of hydrogen-bond donors (Lipinski definition) is 0. The van der Waals surface area contributed by atoms with Gasteiger partial charge in [-0.25, -0.2) is 9.97 Å². The van der Waals surface area contributed by atoms with Crippen LogP contribution in [0.25, 0.3) is 28.2 Å². The monoisotopic (exact) mass is 445 g/mol. The van der Waals surface area contributed by atoms with Gasteiger partial charge < -0.3 is 4.42 Å². The zero-order chi connectivity index (χ0) is 21.2. The summed E-state index contributed by atoms with van der Waals surface area (Å²) in [6, 6.07) is 24.8. The Morgan fingerprint density at radius 1 is 0.903 bits per heavy atom. The summed E-state index contributed by atoms with van der Waals surface area (Å²) in [6.45, 7) is 0. The molecule has 0 saturated carbocycles. The summed E-state index contributed by atoms with van der Waals surface area (Å²) in [7, 11) is 0. The third-order valence-electron chi connectivity index (χ3n) is 4.71. The van der Waals surface area contributed by atoms with Crippen molar-refractivity contribution in [3.63, 3.8) is 0 Å². The number of benzene rings is 2. The number of thioether (sulfide) groups is 1. The average molecular weight is 446 g/mol. The lowest BCUT2D eigenvalue weighted by molar-refractivity contribution is 0.466. The van der Waals surface area contributed by atoms with Gasteiger partial charge in [-0.2, -0.15) is 0 Å². The van der Waals surface area contributed by atoms with Crippen molar-refractivity contribution in [1.29, 1.82) is 0 Å². The first-order chi connectivity index (χ1) is 15.2. The first-order valence-electron chi connectivity index (χ1n) is 9.60. The summed E-state index contributed by atoms with van der Waals surface area (Å²) in [6.07, 6.45) is 1.56. The lowest BCUT2D eigenvalue weighted by Crippen LogP contribution is -2.15. The number of oxazole rings is 1. The van der Waals surface area contributed by atoms with Crippen LogP contribution in [-0.4, -0.2) is 14.4 Å². The highest BCUT2D eigenvalue weighted by Gasteiger charge is 2.17. The third kappa shape index (κ3) is 4.13. The third-order valence-corrected chi connectivity index (χ3v) is 5.80. The quantitative estimate of drug-likeness (QED) is 0.312. The molecule has 0 atom stereocenters. The molecule has 7 heteroatoms. The summed E-state index contributed by atoms with van der Waals surface area (Å²) in [5.41, 5.74) is 3.75. The molecule has 0 aliphatic heterocycles. The van der Waals surface area contributed by atoms with Crippen molar-refractivity contribution in [2.45, 2.75) is 11.0 Å². The van der Waals surface area contributed by atoms with E-state index in [1.165, 1.54) is 22.2 Å². The zero-order valence-corrected chi connectivity index (χ0v) is 17.8. The molecule has 0 aliphatic rings. The van der Waals surface area contributed by atoms with Crippen molar-refractivity contribution in [3.05, 3.63) is 106 Å². The molecule has 0 saturated heterocycles. The summed E-state index contributed by atoms with van der Waals surface area (Å²) in [4.78, 5) is 21.7. The van der Waals surface area contributed by atoms with Crippen molar-refractivity contribution < 1.29 is 4.42 Å². The molecule has 0 unspecified atom stereocenters. The van der Waals surface area contributed by atoms with E-state index in [0.717, 1.165) is 22.6 Å². The number of pyridine rings is 1. The van der Waals surface area contributed by atoms with Gasteiger partial charge in [0, 0.05) is 29.1 Å². The summed E-state index contributed by atoms with van der Waals surface area (Å²) in [5.74, 6) is 1.17.